The number of anilines is 2. The van der Waals surface area contributed by atoms with Gasteiger partial charge in [-0.3, -0.25) is 14.4 Å². The van der Waals surface area contributed by atoms with Crippen molar-refractivity contribution in [1.29, 1.82) is 0 Å². The van der Waals surface area contributed by atoms with Crippen LogP contribution < -0.4 is 16.2 Å². The van der Waals surface area contributed by atoms with Crippen molar-refractivity contribution in [1.82, 2.24) is 9.97 Å². The maximum Gasteiger partial charge on any atom is 0.257 e. The molecule has 1 aliphatic heterocycles. The zero-order valence-corrected chi connectivity index (χ0v) is 17.4. The average molecular weight is 438 g/mol. The largest absolute Gasteiger partial charge is 0.323 e. The fourth-order valence-electron chi connectivity index (χ4n) is 3.26. The number of aryl methyl sites for hydroxylation is 1. The first-order valence-electron chi connectivity index (χ1n) is 9.58. The molecule has 9 heteroatoms. The van der Waals surface area contributed by atoms with E-state index in [9.17, 15) is 18.8 Å². The molecule has 1 aromatic heterocycles. The lowest BCUT2D eigenvalue weighted by atomic mass is 9.92. The van der Waals surface area contributed by atoms with E-state index in [2.05, 4.69) is 20.6 Å². The highest BCUT2D eigenvalue weighted by atomic mass is 32.2. The first-order valence-corrected chi connectivity index (χ1v) is 10.6. The van der Waals surface area contributed by atoms with Gasteiger partial charge in [0.05, 0.1) is 17.2 Å². The Kier molecular flexibility index (Phi) is 5.85. The molecule has 1 aliphatic rings. The molecule has 7 nitrogen and oxygen atoms in total. The van der Waals surface area contributed by atoms with E-state index in [1.54, 1.807) is 6.07 Å². The third-order valence-corrected chi connectivity index (χ3v) is 5.82. The minimum Gasteiger partial charge on any atom is -0.323 e. The first-order chi connectivity index (χ1) is 14.9. The second kappa shape index (κ2) is 8.73. The number of H-pyrrole nitrogens is 1. The molecule has 0 fully saturated rings. The van der Waals surface area contributed by atoms with Crippen LogP contribution in [0.2, 0.25) is 0 Å². The lowest BCUT2D eigenvalue weighted by molar-refractivity contribution is -0.123. The summed E-state index contributed by atoms with van der Waals surface area (Å²) in [6.45, 7) is 2.00. The van der Waals surface area contributed by atoms with E-state index in [1.165, 1.54) is 30.0 Å². The molecule has 0 spiro atoms. The summed E-state index contributed by atoms with van der Waals surface area (Å²) in [6, 6.07) is 13.7. The van der Waals surface area contributed by atoms with Gasteiger partial charge in [-0.15, -0.1) is 0 Å². The molecule has 4 rings (SSSR count). The molecular formula is C22H19FN4O3S. The Bertz CT molecular complexity index is 1210. The summed E-state index contributed by atoms with van der Waals surface area (Å²) in [7, 11) is 0. The lowest BCUT2D eigenvalue weighted by Gasteiger charge is -2.23. The highest BCUT2D eigenvalue weighted by molar-refractivity contribution is 7.98. The monoisotopic (exact) mass is 438 g/mol. The summed E-state index contributed by atoms with van der Waals surface area (Å²) in [5.74, 6) is -2.13. The number of aromatic amines is 1. The molecule has 158 valence electrons. The average Bonchev–Trinajstić information content (AvgIpc) is 2.74. The Labute approximate surface area is 181 Å². The molecule has 0 saturated carbocycles. The Hall–Kier alpha value is -3.46. The molecule has 0 aliphatic carbocycles. The van der Waals surface area contributed by atoms with Crippen molar-refractivity contribution in [2.24, 2.45) is 0 Å². The number of nitrogens with zero attached hydrogens (tertiary/aromatic N) is 1. The first kappa shape index (κ1) is 20.8. The van der Waals surface area contributed by atoms with Crippen LogP contribution in [0.25, 0.3) is 0 Å². The molecule has 3 N–H and O–H groups in total. The molecule has 0 bridgehead atoms. The third-order valence-electron chi connectivity index (χ3n) is 4.87. The molecule has 0 saturated heterocycles. The number of hydrogen-bond donors (Lipinski definition) is 3. The van der Waals surface area contributed by atoms with Gasteiger partial charge in [-0.25, -0.2) is 9.37 Å². The Morgan fingerprint density at radius 1 is 1.19 bits per heavy atom. The van der Waals surface area contributed by atoms with Gasteiger partial charge in [0, 0.05) is 12.2 Å². The van der Waals surface area contributed by atoms with E-state index in [0.717, 1.165) is 11.1 Å². The van der Waals surface area contributed by atoms with E-state index < -0.39 is 29.1 Å². The van der Waals surface area contributed by atoms with Crippen LogP contribution in [0.3, 0.4) is 0 Å². The Balaban J connectivity index is 1.58. The minimum absolute atomic E-state index is 0.0188. The molecule has 2 amide bonds. The Morgan fingerprint density at radius 2 is 1.94 bits per heavy atom. The summed E-state index contributed by atoms with van der Waals surface area (Å²) in [5, 5.41) is 5.36. The number of fused-ring (bicyclic) bond motifs is 1. The quantitative estimate of drug-likeness (QED) is 0.417. The van der Waals surface area contributed by atoms with Gasteiger partial charge in [0.1, 0.15) is 11.6 Å². The van der Waals surface area contributed by atoms with Gasteiger partial charge in [0.2, 0.25) is 11.8 Å². The summed E-state index contributed by atoms with van der Waals surface area (Å²) in [5.41, 5.74) is 1.74. The second-order valence-corrected chi connectivity index (χ2v) is 8.15. The number of carbonyl (C=O) groups excluding carboxylic acids is 2. The summed E-state index contributed by atoms with van der Waals surface area (Å²) in [4.78, 5) is 44.7. The number of benzene rings is 2. The van der Waals surface area contributed by atoms with Gasteiger partial charge in [0.25, 0.3) is 5.56 Å². The van der Waals surface area contributed by atoms with E-state index in [4.69, 9.17) is 0 Å². The third kappa shape index (κ3) is 4.66. The topological polar surface area (TPSA) is 104 Å². The molecule has 1 atom stereocenters. The van der Waals surface area contributed by atoms with Crippen LogP contribution in [-0.4, -0.2) is 21.8 Å². The van der Waals surface area contributed by atoms with Crippen molar-refractivity contribution in [3.8, 4) is 0 Å². The smallest absolute Gasteiger partial charge is 0.257 e. The van der Waals surface area contributed by atoms with Crippen molar-refractivity contribution in [3.63, 3.8) is 0 Å². The maximum absolute atomic E-state index is 13.9. The van der Waals surface area contributed by atoms with E-state index in [-0.39, 0.29) is 23.5 Å². The Morgan fingerprint density at radius 3 is 2.68 bits per heavy atom. The fourth-order valence-corrected chi connectivity index (χ4v) is 4.08. The molecular weight excluding hydrogens is 419 g/mol. The summed E-state index contributed by atoms with van der Waals surface area (Å²) < 4.78 is 13.9. The predicted molar refractivity (Wildman–Crippen MR) is 117 cm³/mol. The van der Waals surface area contributed by atoms with Gasteiger partial charge < -0.3 is 15.6 Å². The van der Waals surface area contributed by atoms with Crippen molar-refractivity contribution in [2.75, 3.05) is 10.6 Å². The molecule has 3 aromatic rings. The van der Waals surface area contributed by atoms with Gasteiger partial charge in [0.15, 0.2) is 5.16 Å². The molecule has 2 aromatic carbocycles. The van der Waals surface area contributed by atoms with E-state index in [1.807, 2.05) is 31.2 Å². The van der Waals surface area contributed by atoms with E-state index >= 15 is 0 Å². The van der Waals surface area contributed by atoms with Gasteiger partial charge in [-0.2, -0.15) is 0 Å². The standard InChI is InChI=1S/C22H19FN4O3S/c1-12-6-8-13(9-7-12)11-31-22-26-19-18(21(30)27-22)14(10-17(28)25-19)20(29)24-16-5-3-2-4-15(16)23/h2-9,14H,10-11H2,1H3,(H,24,29)(H2,25,26,27,28,30). The van der Waals surface area contributed by atoms with E-state index in [0.29, 0.717) is 10.9 Å². The fraction of sp³-hybridized carbons (Fsp3) is 0.182. The van der Waals surface area contributed by atoms with Crippen LogP contribution >= 0.6 is 11.8 Å². The second-order valence-electron chi connectivity index (χ2n) is 7.18. The number of amides is 2. The summed E-state index contributed by atoms with van der Waals surface area (Å²) in [6.07, 6.45) is -0.228. The van der Waals surface area contributed by atoms with Crippen LogP contribution in [0.4, 0.5) is 15.9 Å². The highest BCUT2D eigenvalue weighted by Crippen LogP contribution is 2.31. The molecule has 0 radical (unpaired) electrons. The molecule has 1 unspecified atom stereocenters. The number of halogens is 1. The van der Waals surface area contributed by atoms with Crippen molar-refractivity contribution >= 4 is 35.1 Å². The number of carbonyl (C=O) groups is 2. The van der Waals surface area contributed by atoms with Crippen LogP contribution in [0.1, 0.15) is 29.0 Å². The van der Waals surface area contributed by atoms with Crippen LogP contribution in [-0.2, 0) is 15.3 Å². The highest BCUT2D eigenvalue weighted by Gasteiger charge is 2.35. The number of hydrogen-bond acceptors (Lipinski definition) is 5. The van der Waals surface area contributed by atoms with Crippen LogP contribution in [0.15, 0.2) is 58.5 Å². The SMILES string of the molecule is Cc1ccc(CSc2nc3c(c(=O)[nH]2)C(C(=O)Nc2ccccc2F)CC(=O)N3)cc1. The van der Waals surface area contributed by atoms with Crippen molar-refractivity contribution < 1.29 is 14.0 Å². The van der Waals surface area contributed by atoms with Crippen LogP contribution in [0.5, 0.6) is 0 Å². The van der Waals surface area contributed by atoms with Gasteiger partial charge >= 0.3 is 0 Å². The normalized spacial score (nSPS) is 15.2. The minimum atomic E-state index is -1.07. The number of aromatic nitrogens is 2. The van der Waals surface area contributed by atoms with Gasteiger partial charge in [-0.1, -0.05) is 53.7 Å². The number of para-hydroxylation sites is 1. The zero-order valence-electron chi connectivity index (χ0n) is 16.6. The number of rotatable bonds is 5. The predicted octanol–water partition coefficient (Wildman–Crippen LogP) is 3.57. The van der Waals surface area contributed by atoms with Crippen molar-refractivity contribution in [2.45, 2.75) is 30.2 Å². The number of nitrogens with one attached hydrogen (secondary N) is 3. The lowest BCUT2D eigenvalue weighted by Crippen LogP contribution is -2.36. The molecule has 2 heterocycles. The maximum atomic E-state index is 13.9. The number of thioether (sulfide) groups is 1. The van der Waals surface area contributed by atoms with Crippen LogP contribution in [0, 0.1) is 12.7 Å². The zero-order chi connectivity index (χ0) is 22.0. The van der Waals surface area contributed by atoms with Crippen molar-refractivity contribution in [3.05, 3.63) is 81.4 Å². The van der Waals surface area contributed by atoms with Gasteiger partial charge in [-0.05, 0) is 24.6 Å². The molecule has 31 heavy (non-hydrogen) atoms. The summed E-state index contributed by atoms with van der Waals surface area (Å²) >= 11 is 1.31.